The lowest BCUT2D eigenvalue weighted by Crippen LogP contribution is -2.46. The molecular weight excluding hydrogens is 268 g/mol. The predicted molar refractivity (Wildman–Crippen MR) is 81.4 cm³/mol. The van der Waals surface area contributed by atoms with Gasteiger partial charge in [-0.1, -0.05) is 6.07 Å². The fourth-order valence-corrected chi connectivity index (χ4v) is 2.59. The molecule has 1 aromatic rings. The summed E-state index contributed by atoms with van der Waals surface area (Å²) in [7, 11) is 1.60. The van der Waals surface area contributed by atoms with E-state index in [2.05, 4.69) is 0 Å². The van der Waals surface area contributed by atoms with Gasteiger partial charge in [0.25, 0.3) is 5.91 Å². The van der Waals surface area contributed by atoms with Gasteiger partial charge in [0, 0.05) is 25.2 Å². The van der Waals surface area contributed by atoms with Gasteiger partial charge < -0.3 is 20.1 Å². The molecular formula is C16H24N2O3. The average Bonchev–Trinajstić information content (AvgIpc) is 2.53. The monoisotopic (exact) mass is 292 g/mol. The van der Waals surface area contributed by atoms with Gasteiger partial charge in [0.15, 0.2) is 6.61 Å². The molecule has 1 aliphatic heterocycles. The second kappa shape index (κ2) is 7.31. The van der Waals surface area contributed by atoms with Gasteiger partial charge >= 0.3 is 0 Å². The summed E-state index contributed by atoms with van der Waals surface area (Å²) in [6.45, 7) is 3.59. The Bertz CT molecular complexity index is 476. The van der Waals surface area contributed by atoms with Gasteiger partial charge in [0.05, 0.1) is 7.11 Å². The van der Waals surface area contributed by atoms with E-state index in [1.807, 2.05) is 30.0 Å². The van der Waals surface area contributed by atoms with Crippen LogP contribution in [0.4, 0.5) is 0 Å². The predicted octanol–water partition coefficient (Wildman–Crippen LogP) is 1.66. The maximum Gasteiger partial charge on any atom is 0.260 e. The van der Waals surface area contributed by atoms with Gasteiger partial charge in [-0.3, -0.25) is 4.79 Å². The third kappa shape index (κ3) is 4.36. The summed E-state index contributed by atoms with van der Waals surface area (Å²) in [5.74, 6) is 1.76. The number of piperidine rings is 1. The first-order chi connectivity index (χ1) is 10.1. The number of ether oxygens (including phenoxy) is 2. The van der Waals surface area contributed by atoms with E-state index in [-0.39, 0.29) is 18.6 Å². The van der Waals surface area contributed by atoms with Crippen molar-refractivity contribution in [2.24, 2.45) is 11.7 Å². The standard InChI is InChI=1S/C16H24N2O3/c1-12(17)13-5-4-8-18(10-13)16(19)11-21-15-7-3-6-14(9-15)20-2/h3,6-7,9,12-13H,4-5,8,10-11,17H2,1-2H3/t12-,13-/m1/s1. The number of amides is 1. The van der Waals surface area contributed by atoms with Gasteiger partial charge in [-0.2, -0.15) is 0 Å². The van der Waals surface area contributed by atoms with Crippen molar-refractivity contribution in [3.05, 3.63) is 24.3 Å². The molecule has 1 saturated heterocycles. The minimum atomic E-state index is 0.0168. The molecule has 1 aromatic carbocycles. The van der Waals surface area contributed by atoms with E-state index in [0.717, 1.165) is 31.7 Å². The molecule has 0 radical (unpaired) electrons. The quantitative estimate of drug-likeness (QED) is 0.896. The third-order valence-corrected chi connectivity index (χ3v) is 3.96. The first-order valence-corrected chi connectivity index (χ1v) is 7.40. The Labute approximate surface area is 126 Å². The zero-order valence-electron chi connectivity index (χ0n) is 12.7. The molecule has 0 bridgehead atoms. The number of carbonyl (C=O) groups excluding carboxylic acids is 1. The molecule has 1 amide bonds. The van der Waals surface area contributed by atoms with E-state index in [1.165, 1.54) is 0 Å². The van der Waals surface area contributed by atoms with Crippen LogP contribution in [0.25, 0.3) is 0 Å². The highest BCUT2D eigenvalue weighted by Gasteiger charge is 2.25. The zero-order valence-corrected chi connectivity index (χ0v) is 12.7. The summed E-state index contributed by atoms with van der Waals surface area (Å²) in [6, 6.07) is 7.39. The van der Waals surface area contributed by atoms with Crippen molar-refractivity contribution < 1.29 is 14.3 Å². The smallest absolute Gasteiger partial charge is 0.260 e. The molecule has 0 saturated carbocycles. The Morgan fingerprint density at radius 1 is 1.48 bits per heavy atom. The van der Waals surface area contributed by atoms with E-state index >= 15 is 0 Å². The van der Waals surface area contributed by atoms with Gasteiger partial charge in [-0.05, 0) is 37.8 Å². The van der Waals surface area contributed by atoms with Crippen LogP contribution in [0, 0.1) is 5.92 Å². The molecule has 1 aliphatic rings. The minimum absolute atomic E-state index is 0.0168. The van der Waals surface area contributed by atoms with Crippen molar-refractivity contribution in [3.8, 4) is 11.5 Å². The van der Waals surface area contributed by atoms with Crippen molar-refractivity contribution in [2.45, 2.75) is 25.8 Å². The van der Waals surface area contributed by atoms with Crippen LogP contribution in [0.15, 0.2) is 24.3 Å². The minimum Gasteiger partial charge on any atom is -0.497 e. The van der Waals surface area contributed by atoms with Crippen LogP contribution in [-0.4, -0.2) is 43.7 Å². The number of carbonyl (C=O) groups is 1. The van der Waals surface area contributed by atoms with Crippen LogP contribution < -0.4 is 15.2 Å². The van der Waals surface area contributed by atoms with Crippen molar-refractivity contribution in [3.63, 3.8) is 0 Å². The molecule has 5 nitrogen and oxygen atoms in total. The zero-order chi connectivity index (χ0) is 15.2. The highest BCUT2D eigenvalue weighted by atomic mass is 16.5. The van der Waals surface area contributed by atoms with Crippen LogP contribution in [0.3, 0.4) is 0 Å². The Balaban J connectivity index is 1.86. The fraction of sp³-hybridized carbons (Fsp3) is 0.562. The summed E-state index contributed by atoms with van der Waals surface area (Å²) in [4.78, 5) is 14.1. The molecule has 2 rings (SSSR count). The number of methoxy groups -OCH3 is 1. The van der Waals surface area contributed by atoms with Crippen molar-refractivity contribution >= 4 is 5.91 Å². The molecule has 116 valence electrons. The highest BCUT2D eigenvalue weighted by molar-refractivity contribution is 5.77. The maximum atomic E-state index is 12.2. The van der Waals surface area contributed by atoms with Crippen LogP contribution in [0.5, 0.6) is 11.5 Å². The largest absolute Gasteiger partial charge is 0.497 e. The summed E-state index contributed by atoms with van der Waals surface area (Å²) in [5.41, 5.74) is 5.94. The lowest BCUT2D eigenvalue weighted by Gasteiger charge is -2.34. The van der Waals surface area contributed by atoms with Gasteiger partial charge in [-0.25, -0.2) is 0 Å². The van der Waals surface area contributed by atoms with Crippen molar-refractivity contribution in [1.29, 1.82) is 0 Å². The molecule has 2 N–H and O–H groups in total. The molecule has 0 aliphatic carbocycles. The first kappa shape index (κ1) is 15.6. The number of benzene rings is 1. The Kier molecular flexibility index (Phi) is 5.44. The number of nitrogens with zero attached hydrogens (tertiary/aromatic N) is 1. The molecule has 2 atom stereocenters. The third-order valence-electron chi connectivity index (χ3n) is 3.96. The van der Waals surface area contributed by atoms with E-state index in [4.69, 9.17) is 15.2 Å². The van der Waals surface area contributed by atoms with Crippen LogP contribution in [-0.2, 0) is 4.79 Å². The van der Waals surface area contributed by atoms with Crippen LogP contribution >= 0.6 is 0 Å². The SMILES string of the molecule is COc1cccc(OCC(=O)N2CCC[C@@H]([C@@H](C)N)C2)c1. The van der Waals surface area contributed by atoms with E-state index in [9.17, 15) is 4.79 Å². The second-order valence-electron chi connectivity index (χ2n) is 5.57. The molecule has 0 unspecified atom stereocenters. The number of hydrogen-bond donors (Lipinski definition) is 1. The van der Waals surface area contributed by atoms with Gasteiger partial charge in [-0.15, -0.1) is 0 Å². The van der Waals surface area contributed by atoms with Crippen molar-refractivity contribution in [1.82, 2.24) is 4.90 Å². The van der Waals surface area contributed by atoms with E-state index in [0.29, 0.717) is 11.7 Å². The molecule has 1 fully saturated rings. The van der Waals surface area contributed by atoms with Crippen molar-refractivity contribution in [2.75, 3.05) is 26.8 Å². The van der Waals surface area contributed by atoms with Gasteiger partial charge in [0.2, 0.25) is 0 Å². The van der Waals surface area contributed by atoms with Gasteiger partial charge in [0.1, 0.15) is 11.5 Å². The number of hydrogen-bond acceptors (Lipinski definition) is 4. The number of rotatable bonds is 5. The Hall–Kier alpha value is -1.75. The highest BCUT2D eigenvalue weighted by Crippen LogP contribution is 2.21. The topological polar surface area (TPSA) is 64.8 Å². The lowest BCUT2D eigenvalue weighted by atomic mass is 9.92. The summed E-state index contributed by atoms with van der Waals surface area (Å²) in [5, 5.41) is 0. The number of likely N-dealkylation sites (tertiary alicyclic amines) is 1. The Morgan fingerprint density at radius 3 is 2.95 bits per heavy atom. The maximum absolute atomic E-state index is 12.2. The molecule has 21 heavy (non-hydrogen) atoms. The fourth-order valence-electron chi connectivity index (χ4n) is 2.59. The molecule has 0 spiro atoms. The summed E-state index contributed by atoms with van der Waals surface area (Å²) >= 11 is 0. The number of nitrogens with two attached hydrogens (primary N) is 1. The molecule has 1 heterocycles. The molecule has 0 aromatic heterocycles. The summed E-state index contributed by atoms with van der Waals surface area (Å²) in [6.07, 6.45) is 2.11. The van der Waals surface area contributed by atoms with E-state index in [1.54, 1.807) is 13.2 Å². The lowest BCUT2D eigenvalue weighted by molar-refractivity contribution is -0.135. The molecule has 5 heteroatoms. The summed E-state index contributed by atoms with van der Waals surface area (Å²) < 4.78 is 10.7. The average molecular weight is 292 g/mol. The van der Waals surface area contributed by atoms with Crippen LogP contribution in [0.1, 0.15) is 19.8 Å². The Morgan fingerprint density at radius 2 is 2.24 bits per heavy atom. The normalized spacial score (nSPS) is 20.0. The first-order valence-electron chi connectivity index (χ1n) is 7.40. The second-order valence-corrected chi connectivity index (χ2v) is 5.57. The van der Waals surface area contributed by atoms with Crippen LogP contribution in [0.2, 0.25) is 0 Å². The van der Waals surface area contributed by atoms with E-state index < -0.39 is 0 Å².